The van der Waals surface area contributed by atoms with Gasteiger partial charge in [-0.05, 0) is 44.7 Å². The fraction of sp³-hybridized carbons (Fsp3) is 0.609. The Balaban J connectivity index is 1.66. The molecule has 1 atom stereocenters. The van der Waals surface area contributed by atoms with Crippen LogP contribution in [0.3, 0.4) is 0 Å². The van der Waals surface area contributed by atoms with Crippen molar-refractivity contribution in [3.05, 3.63) is 34.6 Å². The molecule has 2 aliphatic rings. The fourth-order valence-electron chi connectivity index (χ4n) is 4.63. The van der Waals surface area contributed by atoms with Crippen LogP contribution in [-0.4, -0.2) is 38.7 Å². The largest absolute Gasteiger partial charge is 0.342 e. The first-order chi connectivity index (χ1) is 14.1. The van der Waals surface area contributed by atoms with E-state index in [0.29, 0.717) is 10.5 Å². The Morgan fingerprint density at radius 2 is 1.69 bits per heavy atom. The standard InChI is InChI=1S/C23H31N3O2S/c1-17(21(27)25-15-9-2-3-10-16-25)29-23-24-20-14-8-7-13-19(20)22(28)26(23)18-11-5-4-6-12-18/h7-8,13-14,17-18H,2-6,9-12,15-16H2,1H3/t17-/m1/s1. The highest BCUT2D eigenvalue weighted by Gasteiger charge is 2.27. The fourth-order valence-corrected chi connectivity index (χ4v) is 5.69. The third-order valence-electron chi connectivity index (χ3n) is 6.26. The molecule has 0 bridgehead atoms. The van der Waals surface area contributed by atoms with Gasteiger partial charge in [0.2, 0.25) is 5.91 Å². The summed E-state index contributed by atoms with van der Waals surface area (Å²) in [5, 5.41) is 1.14. The van der Waals surface area contributed by atoms with Crippen molar-refractivity contribution in [2.75, 3.05) is 13.1 Å². The summed E-state index contributed by atoms with van der Waals surface area (Å²) in [7, 11) is 0. The van der Waals surface area contributed by atoms with Crippen LogP contribution in [0.2, 0.25) is 0 Å². The molecule has 1 aliphatic heterocycles. The topological polar surface area (TPSA) is 55.2 Å². The number of aromatic nitrogens is 2. The van der Waals surface area contributed by atoms with Gasteiger partial charge in [0.15, 0.2) is 5.16 Å². The van der Waals surface area contributed by atoms with E-state index in [9.17, 15) is 9.59 Å². The SMILES string of the molecule is C[C@@H](Sc1nc2ccccc2c(=O)n1C1CCCCC1)C(=O)N1CCCCCC1. The van der Waals surface area contributed by atoms with Crippen molar-refractivity contribution in [1.82, 2.24) is 14.5 Å². The molecule has 2 fully saturated rings. The summed E-state index contributed by atoms with van der Waals surface area (Å²) in [6.45, 7) is 3.67. The normalized spacial score (nSPS) is 19.8. The molecule has 1 amide bonds. The number of amides is 1. The van der Waals surface area contributed by atoms with E-state index in [-0.39, 0.29) is 22.8 Å². The molecule has 29 heavy (non-hydrogen) atoms. The summed E-state index contributed by atoms with van der Waals surface area (Å²) in [6, 6.07) is 7.77. The van der Waals surface area contributed by atoms with Gasteiger partial charge in [-0.15, -0.1) is 0 Å². The number of thioether (sulfide) groups is 1. The molecule has 1 aromatic heterocycles. The molecular weight excluding hydrogens is 382 g/mol. The van der Waals surface area contributed by atoms with E-state index in [1.54, 1.807) is 0 Å². The molecule has 1 aliphatic carbocycles. The zero-order valence-electron chi connectivity index (χ0n) is 17.3. The molecular formula is C23H31N3O2S. The summed E-state index contributed by atoms with van der Waals surface area (Å²) in [4.78, 5) is 33.3. The maximum absolute atomic E-state index is 13.4. The number of para-hydroxylation sites is 1. The van der Waals surface area contributed by atoms with Crippen molar-refractivity contribution in [3.63, 3.8) is 0 Å². The van der Waals surface area contributed by atoms with Crippen LogP contribution in [0.1, 0.15) is 70.8 Å². The highest BCUT2D eigenvalue weighted by molar-refractivity contribution is 8.00. The molecule has 1 aromatic carbocycles. The third kappa shape index (κ3) is 4.52. The zero-order valence-corrected chi connectivity index (χ0v) is 18.1. The molecule has 1 saturated heterocycles. The van der Waals surface area contributed by atoms with Crippen molar-refractivity contribution in [2.45, 2.75) is 81.2 Å². The number of fused-ring (bicyclic) bond motifs is 1. The minimum absolute atomic E-state index is 0.0411. The molecule has 0 N–H and O–H groups in total. The average molecular weight is 414 g/mol. The summed E-state index contributed by atoms with van der Waals surface area (Å²) < 4.78 is 1.90. The lowest BCUT2D eigenvalue weighted by molar-refractivity contribution is -0.130. The monoisotopic (exact) mass is 413 g/mol. The van der Waals surface area contributed by atoms with Crippen molar-refractivity contribution < 1.29 is 4.79 Å². The van der Waals surface area contributed by atoms with Gasteiger partial charge in [0.25, 0.3) is 5.56 Å². The quantitative estimate of drug-likeness (QED) is 0.534. The van der Waals surface area contributed by atoms with E-state index >= 15 is 0 Å². The zero-order chi connectivity index (χ0) is 20.2. The molecule has 0 unspecified atom stereocenters. The van der Waals surface area contributed by atoms with Gasteiger partial charge in [0.05, 0.1) is 16.2 Å². The molecule has 1 saturated carbocycles. The van der Waals surface area contributed by atoms with Crippen molar-refractivity contribution in [3.8, 4) is 0 Å². The van der Waals surface area contributed by atoms with Gasteiger partial charge in [-0.2, -0.15) is 0 Å². The Hall–Kier alpha value is -1.82. The summed E-state index contributed by atoms with van der Waals surface area (Å²) >= 11 is 1.46. The smallest absolute Gasteiger partial charge is 0.262 e. The van der Waals surface area contributed by atoms with Crippen LogP contribution in [0.25, 0.3) is 10.9 Å². The lowest BCUT2D eigenvalue weighted by Gasteiger charge is -2.28. The lowest BCUT2D eigenvalue weighted by atomic mass is 9.95. The Labute approximate surface area is 176 Å². The van der Waals surface area contributed by atoms with E-state index in [2.05, 4.69) is 0 Å². The van der Waals surface area contributed by atoms with Crippen LogP contribution in [0.4, 0.5) is 0 Å². The number of likely N-dealkylation sites (tertiary alicyclic amines) is 1. The second kappa shape index (κ2) is 9.33. The summed E-state index contributed by atoms with van der Waals surface area (Å²) in [5.74, 6) is 0.175. The van der Waals surface area contributed by atoms with E-state index in [1.165, 1.54) is 31.0 Å². The minimum Gasteiger partial charge on any atom is -0.342 e. The molecule has 156 valence electrons. The summed E-state index contributed by atoms with van der Waals surface area (Å²) in [5.41, 5.74) is 0.765. The molecule has 0 radical (unpaired) electrons. The first-order valence-corrected chi connectivity index (χ1v) is 12.0. The van der Waals surface area contributed by atoms with Gasteiger partial charge >= 0.3 is 0 Å². The number of hydrogen-bond acceptors (Lipinski definition) is 4. The first-order valence-electron chi connectivity index (χ1n) is 11.1. The van der Waals surface area contributed by atoms with Gasteiger partial charge in [-0.25, -0.2) is 4.98 Å². The van der Waals surface area contributed by atoms with Gasteiger partial charge in [0, 0.05) is 19.1 Å². The molecule has 5 nitrogen and oxygen atoms in total. The average Bonchev–Trinajstić information content (AvgIpc) is 3.03. The second-order valence-corrected chi connectivity index (χ2v) is 9.69. The Morgan fingerprint density at radius 3 is 2.41 bits per heavy atom. The van der Waals surface area contributed by atoms with E-state index < -0.39 is 0 Å². The maximum atomic E-state index is 13.4. The van der Waals surface area contributed by atoms with Crippen LogP contribution < -0.4 is 5.56 Å². The predicted octanol–water partition coefficient (Wildman–Crippen LogP) is 4.78. The first kappa shape index (κ1) is 20.5. The van der Waals surface area contributed by atoms with Gasteiger partial charge in [-0.3, -0.25) is 14.2 Å². The van der Waals surface area contributed by atoms with E-state index in [1.807, 2.05) is 40.7 Å². The highest BCUT2D eigenvalue weighted by Crippen LogP contribution is 2.32. The molecule has 2 aromatic rings. The summed E-state index contributed by atoms with van der Waals surface area (Å²) in [6.07, 6.45) is 10.2. The van der Waals surface area contributed by atoms with Crippen LogP contribution >= 0.6 is 11.8 Å². The second-order valence-electron chi connectivity index (χ2n) is 8.38. The predicted molar refractivity (Wildman–Crippen MR) is 118 cm³/mol. The van der Waals surface area contributed by atoms with E-state index in [0.717, 1.165) is 57.1 Å². The Morgan fingerprint density at radius 1 is 1.03 bits per heavy atom. The molecule has 0 spiro atoms. The van der Waals surface area contributed by atoms with Crippen LogP contribution in [0, 0.1) is 0 Å². The minimum atomic E-state index is -0.240. The van der Waals surface area contributed by atoms with Gasteiger partial charge in [-0.1, -0.05) is 56.0 Å². The molecule has 2 heterocycles. The van der Waals surface area contributed by atoms with Crippen LogP contribution in [-0.2, 0) is 4.79 Å². The van der Waals surface area contributed by atoms with Gasteiger partial charge in [0.1, 0.15) is 0 Å². The number of carbonyl (C=O) groups is 1. The Bertz CT molecular complexity index is 912. The molecule has 4 rings (SSSR count). The number of benzene rings is 1. The number of carbonyl (C=O) groups excluding carboxylic acids is 1. The maximum Gasteiger partial charge on any atom is 0.262 e. The van der Waals surface area contributed by atoms with Gasteiger partial charge < -0.3 is 4.90 Å². The Kier molecular flexibility index (Phi) is 6.58. The third-order valence-corrected chi connectivity index (χ3v) is 7.32. The number of nitrogens with zero attached hydrogens (tertiary/aromatic N) is 3. The van der Waals surface area contributed by atoms with Crippen LogP contribution in [0.15, 0.2) is 34.2 Å². The lowest BCUT2D eigenvalue weighted by Crippen LogP contribution is -2.38. The van der Waals surface area contributed by atoms with Crippen molar-refractivity contribution >= 4 is 28.6 Å². The molecule has 6 heteroatoms. The number of hydrogen-bond donors (Lipinski definition) is 0. The van der Waals surface area contributed by atoms with Crippen LogP contribution in [0.5, 0.6) is 0 Å². The van der Waals surface area contributed by atoms with E-state index in [4.69, 9.17) is 4.98 Å². The van der Waals surface area contributed by atoms with Crippen molar-refractivity contribution in [2.24, 2.45) is 0 Å². The number of rotatable bonds is 4. The van der Waals surface area contributed by atoms with Crippen molar-refractivity contribution in [1.29, 1.82) is 0 Å². The highest BCUT2D eigenvalue weighted by atomic mass is 32.2.